The highest BCUT2D eigenvalue weighted by molar-refractivity contribution is 7.99. The number of nitrogens with zero attached hydrogens (tertiary/aromatic N) is 2. The van der Waals surface area contributed by atoms with Crippen molar-refractivity contribution in [1.29, 1.82) is 0 Å². The van der Waals surface area contributed by atoms with Gasteiger partial charge in [0.15, 0.2) is 0 Å². The molecule has 2 heterocycles. The summed E-state index contributed by atoms with van der Waals surface area (Å²) in [6, 6.07) is 10.1. The average Bonchev–Trinajstić information content (AvgIpc) is 3.30. The van der Waals surface area contributed by atoms with Crippen molar-refractivity contribution in [3.63, 3.8) is 0 Å². The Labute approximate surface area is 203 Å². The van der Waals surface area contributed by atoms with Crippen LogP contribution in [0, 0.1) is 12.8 Å². The molecular weight excluding hydrogens is 482 g/mol. The molecule has 33 heavy (non-hydrogen) atoms. The summed E-state index contributed by atoms with van der Waals surface area (Å²) in [5.74, 6) is -0.367. The van der Waals surface area contributed by atoms with Gasteiger partial charge in [0.1, 0.15) is 6.54 Å². The van der Waals surface area contributed by atoms with E-state index in [2.05, 4.69) is 5.32 Å². The van der Waals surface area contributed by atoms with E-state index in [1.54, 1.807) is 30.3 Å². The summed E-state index contributed by atoms with van der Waals surface area (Å²) in [7, 11) is -3.65. The first-order chi connectivity index (χ1) is 15.7. The van der Waals surface area contributed by atoms with E-state index in [9.17, 15) is 18.0 Å². The lowest BCUT2D eigenvalue weighted by Crippen LogP contribution is -2.41. The summed E-state index contributed by atoms with van der Waals surface area (Å²) < 4.78 is 27.7. The largest absolute Gasteiger partial charge is 0.324 e. The molecule has 1 fully saturated rings. The second-order valence-electron chi connectivity index (χ2n) is 8.39. The van der Waals surface area contributed by atoms with Crippen LogP contribution in [0.25, 0.3) is 0 Å². The topological polar surface area (TPSA) is 86.8 Å². The zero-order valence-electron chi connectivity index (χ0n) is 18.5. The zero-order valence-corrected chi connectivity index (χ0v) is 20.9. The van der Waals surface area contributed by atoms with Crippen LogP contribution in [-0.4, -0.2) is 49.9 Å². The Morgan fingerprint density at radius 2 is 1.91 bits per heavy atom. The van der Waals surface area contributed by atoms with Gasteiger partial charge in [-0.3, -0.25) is 9.59 Å². The molecule has 4 rings (SSSR count). The SMILES string of the molecule is Cc1ccc(NC(=O)CN2C(=O)[C@@H](C)CSc3ccc(S(=O)(=O)N4CCCC4)cc32)cc1Cl. The summed E-state index contributed by atoms with van der Waals surface area (Å²) in [4.78, 5) is 28.3. The molecule has 2 aliphatic heterocycles. The van der Waals surface area contributed by atoms with E-state index >= 15 is 0 Å². The maximum atomic E-state index is 13.2. The summed E-state index contributed by atoms with van der Waals surface area (Å²) in [5.41, 5.74) is 1.88. The van der Waals surface area contributed by atoms with Gasteiger partial charge in [-0.2, -0.15) is 4.31 Å². The van der Waals surface area contributed by atoms with Crippen molar-refractivity contribution in [2.24, 2.45) is 5.92 Å². The van der Waals surface area contributed by atoms with Crippen molar-refractivity contribution < 1.29 is 18.0 Å². The fraction of sp³-hybridized carbons (Fsp3) is 0.391. The van der Waals surface area contributed by atoms with Crippen molar-refractivity contribution in [1.82, 2.24) is 4.31 Å². The number of rotatable bonds is 5. The number of hydrogen-bond acceptors (Lipinski definition) is 5. The molecule has 0 aromatic heterocycles. The van der Waals surface area contributed by atoms with Gasteiger partial charge in [0, 0.05) is 40.4 Å². The number of benzene rings is 2. The maximum Gasteiger partial charge on any atom is 0.244 e. The number of amides is 2. The third-order valence-corrected chi connectivity index (χ3v) is 9.48. The van der Waals surface area contributed by atoms with E-state index < -0.39 is 10.0 Å². The van der Waals surface area contributed by atoms with Gasteiger partial charge in [-0.05, 0) is 55.7 Å². The van der Waals surface area contributed by atoms with Crippen LogP contribution >= 0.6 is 23.4 Å². The van der Waals surface area contributed by atoms with Crippen molar-refractivity contribution >= 4 is 56.6 Å². The minimum atomic E-state index is -3.65. The predicted octanol–water partition coefficient (Wildman–Crippen LogP) is 4.15. The van der Waals surface area contributed by atoms with Crippen LogP contribution in [0.3, 0.4) is 0 Å². The Balaban J connectivity index is 1.64. The van der Waals surface area contributed by atoms with E-state index in [0.717, 1.165) is 23.3 Å². The fourth-order valence-corrected chi connectivity index (χ4v) is 6.69. The molecule has 1 N–H and O–H groups in total. The molecule has 1 atom stereocenters. The van der Waals surface area contributed by atoms with Crippen LogP contribution in [-0.2, 0) is 19.6 Å². The van der Waals surface area contributed by atoms with Gasteiger partial charge < -0.3 is 10.2 Å². The minimum Gasteiger partial charge on any atom is -0.324 e. The quantitative estimate of drug-likeness (QED) is 0.657. The smallest absolute Gasteiger partial charge is 0.244 e. The van der Waals surface area contributed by atoms with Gasteiger partial charge in [0.05, 0.1) is 10.6 Å². The highest BCUT2D eigenvalue weighted by Gasteiger charge is 2.33. The number of aryl methyl sites for hydroxylation is 1. The lowest BCUT2D eigenvalue weighted by molar-refractivity contribution is -0.123. The van der Waals surface area contributed by atoms with E-state index in [-0.39, 0.29) is 29.2 Å². The van der Waals surface area contributed by atoms with Gasteiger partial charge in [0.2, 0.25) is 21.8 Å². The molecule has 0 bridgehead atoms. The second kappa shape index (κ2) is 9.66. The standard InChI is InChI=1S/C23H26ClN3O4S2/c1-15-5-6-17(11-19(15)24)25-22(28)13-27-20-12-18(33(30,31)26-9-3-4-10-26)7-8-21(20)32-14-16(2)23(27)29/h5-8,11-12,16H,3-4,9-10,13-14H2,1-2H3,(H,25,28)/t16-/m0/s1. The van der Waals surface area contributed by atoms with Gasteiger partial charge in [0.25, 0.3) is 0 Å². The number of fused-ring (bicyclic) bond motifs is 1. The van der Waals surface area contributed by atoms with Gasteiger partial charge in [-0.25, -0.2) is 8.42 Å². The fourth-order valence-electron chi connectivity index (χ4n) is 3.92. The third kappa shape index (κ3) is 5.06. The zero-order chi connectivity index (χ0) is 23.8. The summed E-state index contributed by atoms with van der Waals surface area (Å²) >= 11 is 7.65. The van der Waals surface area contributed by atoms with Crippen LogP contribution in [0.2, 0.25) is 5.02 Å². The summed E-state index contributed by atoms with van der Waals surface area (Å²) in [6.07, 6.45) is 1.68. The van der Waals surface area contributed by atoms with E-state index in [0.29, 0.717) is 35.2 Å². The highest BCUT2D eigenvalue weighted by atomic mass is 35.5. The predicted molar refractivity (Wildman–Crippen MR) is 131 cm³/mol. The lowest BCUT2D eigenvalue weighted by atomic mass is 10.1. The van der Waals surface area contributed by atoms with Crippen molar-refractivity contribution in [3.8, 4) is 0 Å². The number of anilines is 2. The molecule has 10 heteroatoms. The van der Waals surface area contributed by atoms with E-state index in [1.807, 2.05) is 13.8 Å². The summed E-state index contributed by atoms with van der Waals surface area (Å²) in [6.45, 7) is 4.45. The number of sulfonamides is 1. The molecule has 2 aromatic carbocycles. The van der Waals surface area contributed by atoms with Crippen molar-refractivity contribution in [2.45, 2.75) is 36.5 Å². The Kier molecular flexibility index (Phi) is 7.04. The molecule has 0 aliphatic carbocycles. The molecule has 0 radical (unpaired) electrons. The van der Waals surface area contributed by atoms with Crippen molar-refractivity contribution in [3.05, 3.63) is 47.0 Å². The number of halogens is 1. The molecule has 0 spiro atoms. The first-order valence-electron chi connectivity index (χ1n) is 10.8. The molecule has 2 amide bonds. The maximum absolute atomic E-state index is 13.2. The van der Waals surface area contributed by atoms with Crippen LogP contribution in [0.4, 0.5) is 11.4 Å². The highest BCUT2D eigenvalue weighted by Crippen LogP contribution is 2.38. The molecule has 176 valence electrons. The van der Waals surface area contributed by atoms with Crippen molar-refractivity contribution in [2.75, 3.05) is 35.6 Å². The second-order valence-corrected chi connectivity index (χ2v) is 11.8. The van der Waals surface area contributed by atoms with Gasteiger partial charge in [-0.1, -0.05) is 24.6 Å². The van der Waals surface area contributed by atoms with Gasteiger partial charge in [-0.15, -0.1) is 11.8 Å². The van der Waals surface area contributed by atoms with E-state index in [4.69, 9.17) is 11.6 Å². The summed E-state index contributed by atoms with van der Waals surface area (Å²) in [5, 5.41) is 3.32. The Hall–Kier alpha value is -2.07. The lowest BCUT2D eigenvalue weighted by Gasteiger charge is -2.25. The number of nitrogens with one attached hydrogen (secondary N) is 1. The number of hydrogen-bond donors (Lipinski definition) is 1. The molecule has 1 saturated heterocycles. The van der Waals surface area contributed by atoms with Crippen LogP contribution in [0.1, 0.15) is 25.3 Å². The molecule has 7 nitrogen and oxygen atoms in total. The molecular formula is C23H26ClN3O4S2. The third-order valence-electron chi connectivity index (χ3n) is 5.86. The van der Waals surface area contributed by atoms with Crippen LogP contribution in [0.15, 0.2) is 46.2 Å². The molecule has 0 saturated carbocycles. The van der Waals surface area contributed by atoms with Gasteiger partial charge >= 0.3 is 0 Å². The monoisotopic (exact) mass is 507 g/mol. The number of carbonyl (C=O) groups is 2. The minimum absolute atomic E-state index is 0.141. The van der Waals surface area contributed by atoms with Crippen LogP contribution < -0.4 is 10.2 Å². The molecule has 0 unspecified atom stereocenters. The van der Waals surface area contributed by atoms with Crippen LogP contribution in [0.5, 0.6) is 0 Å². The number of carbonyl (C=O) groups excluding carboxylic acids is 2. The molecule has 2 aromatic rings. The Morgan fingerprint density at radius 3 is 2.61 bits per heavy atom. The normalized spacial score (nSPS) is 19.3. The number of thioether (sulfide) groups is 1. The Bertz CT molecular complexity index is 1200. The van der Waals surface area contributed by atoms with E-state index in [1.165, 1.54) is 27.0 Å². The first-order valence-corrected chi connectivity index (χ1v) is 13.6. The average molecular weight is 508 g/mol. The molecule has 2 aliphatic rings. The first kappa shape index (κ1) is 24.1. The Morgan fingerprint density at radius 1 is 1.18 bits per heavy atom.